The van der Waals surface area contributed by atoms with Gasteiger partial charge >= 0.3 is 5.97 Å². The Morgan fingerprint density at radius 3 is 2.81 bits per heavy atom. The van der Waals surface area contributed by atoms with E-state index < -0.39 is 0 Å². The molecule has 5 fully saturated rings. The molecule has 6 aliphatic heterocycles. The van der Waals surface area contributed by atoms with E-state index in [1.807, 2.05) is 0 Å². The van der Waals surface area contributed by atoms with E-state index in [1.165, 1.54) is 78.3 Å². The number of benzene rings is 2. The van der Waals surface area contributed by atoms with Crippen LogP contribution < -0.4 is 4.90 Å². The highest BCUT2D eigenvalue weighted by molar-refractivity contribution is 5.86. The van der Waals surface area contributed by atoms with E-state index in [2.05, 4.69) is 96.2 Å². The number of carbonyl (C=O) groups is 1. The number of epoxide rings is 1. The third-order valence-corrected chi connectivity index (χ3v) is 15.0. The Morgan fingerprint density at radius 2 is 2.00 bits per heavy atom. The van der Waals surface area contributed by atoms with Crippen LogP contribution in [0.2, 0.25) is 0 Å². The summed E-state index contributed by atoms with van der Waals surface area (Å²) in [7, 11) is 6.17. The number of nitrogens with zero attached hydrogens (tertiary/aromatic N) is 3. The first-order valence-electron chi connectivity index (χ1n) is 18.7. The summed E-state index contributed by atoms with van der Waals surface area (Å²) in [5.74, 6) is -0.119. The predicted molar refractivity (Wildman–Crippen MR) is 189 cm³/mol. The first-order chi connectivity index (χ1) is 23.3. The summed E-state index contributed by atoms with van der Waals surface area (Å²) >= 11 is 0. The number of carbonyl (C=O) groups excluding carboxylic acids is 1. The lowest BCUT2D eigenvalue weighted by Crippen LogP contribution is -2.66. The predicted octanol–water partition coefficient (Wildman–Crippen LogP) is 6.16. The fraction of sp³-hybridized carbons (Fsp3) is 0.585. The van der Waals surface area contributed by atoms with Gasteiger partial charge in [-0.2, -0.15) is 0 Å². The maximum atomic E-state index is 13.3. The van der Waals surface area contributed by atoms with Crippen LogP contribution in [0, 0.1) is 11.3 Å². The Kier molecular flexibility index (Phi) is 6.33. The van der Waals surface area contributed by atoms with Crippen molar-refractivity contribution in [3.8, 4) is 0 Å². The molecular formula is C41H50N4O3. The van der Waals surface area contributed by atoms with E-state index in [9.17, 15) is 4.79 Å². The van der Waals surface area contributed by atoms with Gasteiger partial charge in [0, 0.05) is 76.8 Å². The lowest BCUT2D eigenvalue weighted by molar-refractivity contribution is -0.147. The fourth-order valence-corrected chi connectivity index (χ4v) is 12.8. The average molecular weight is 647 g/mol. The first kappa shape index (κ1) is 29.8. The number of nitrogens with one attached hydrogen (secondary N) is 1. The van der Waals surface area contributed by atoms with Crippen molar-refractivity contribution in [1.82, 2.24) is 14.8 Å². The Bertz CT molecular complexity index is 1860. The number of aromatic amines is 1. The summed E-state index contributed by atoms with van der Waals surface area (Å²) in [4.78, 5) is 25.4. The van der Waals surface area contributed by atoms with Crippen LogP contribution >= 0.6 is 0 Å². The molecule has 0 amide bonds. The van der Waals surface area contributed by atoms with Gasteiger partial charge in [-0.3, -0.25) is 14.6 Å². The number of likely N-dealkylation sites (N-methyl/N-ethyl adjacent to an activating group) is 2. The van der Waals surface area contributed by atoms with Crippen LogP contribution in [0.25, 0.3) is 10.9 Å². The van der Waals surface area contributed by atoms with Gasteiger partial charge in [0.25, 0.3) is 0 Å². The molecule has 1 spiro atoms. The lowest BCUT2D eigenvalue weighted by Gasteiger charge is -2.57. The monoisotopic (exact) mass is 646 g/mol. The van der Waals surface area contributed by atoms with Gasteiger partial charge in [-0.1, -0.05) is 48.9 Å². The third-order valence-electron chi connectivity index (χ3n) is 15.0. The second-order valence-corrected chi connectivity index (χ2v) is 16.3. The summed E-state index contributed by atoms with van der Waals surface area (Å²) in [5, 5.41) is 1.28. The summed E-state index contributed by atoms with van der Waals surface area (Å²) < 4.78 is 11.9. The highest BCUT2D eigenvalue weighted by Crippen LogP contribution is 2.68. The van der Waals surface area contributed by atoms with Crippen molar-refractivity contribution in [3.63, 3.8) is 0 Å². The summed E-state index contributed by atoms with van der Waals surface area (Å²) in [6.07, 6.45) is 10.8. The molecule has 10 rings (SSSR count). The molecule has 1 aliphatic carbocycles. The van der Waals surface area contributed by atoms with E-state index >= 15 is 0 Å². The van der Waals surface area contributed by atoms with Crippen LogP contribution in [0.3, 0.4) is 0 Å². The van der Waals surface area contributed by atoms with Gasteiger partial charge in [-0.15, -0.1) is 0 Å². The number of hydrogen-bond acceptors (Lipinski definition) is 6. The topological polar surface area (TPSA) is 64.3 Å². The van der Waals surface area contributed by atoms with Crippen molar-refractivity contribution < 1.29 is 14.3 Å². The van der Waals surface area contributed by atoms with Crippen LogP contribution in [0.4, 0.5) is 5.69 Å². The van der Waals surface area contributed by atoms with Gasteiger partial charge in [-0.25, -0.2) is 0 Å². The molecule has 7 heteroatoms. The maximum absolute atomic E-state index is 13.3. The molecule has 0 radical (unpaired) electrons. The van der Waals surface area contributed by atoms with E-state index in [1.54, 1.807) is 5.56 Å². The van der Waals surface area contributed by atoms with Crippen LogP contribution in [0.5, 0.6) is 0 Å². The van der Waals surface area contributed by atoms with Crippen molar-refractivity contribution >= 4 is 22.6 Å². The smallest absolute Gasteiger partial charge is 0.314 e. The van der Waals surface area contributed by atoms with Crippen LogP contribution in [0.15, 0.2) is 54.1 Å². The molecule has 1 saturated carbocycles. The molecule has 7 nitrogen and oxygen atoms in total. The largest absolute Gasteiger partial charge is 0.469 e. The molecule has 7 heterocycles. The summed E-state index contributed by atoms with van der Waals surface area (Å²) in [6, 6.07) is 17.9. The number of piperidine rings is 2. The summed E-state index contributed by atoms with van der Waals surface area (Å²) in [5.41, 5.74) is 10.0. The Morgan fingerprint density at radius 1 is 1.15 bits per heavy atom. The van der Waals surface area contributed by atoms with Crippen molar-refractivity contribution in [2.45, 2.75) is 107 Å². The van der Waals surface area contributed by atoms with Crippen LogP contribution in [0.1, 0.15) is 80.7 Å². The van der Waals surface area contributed by atoms with E-state index in [0.29, 0.717) is 30.3 Å². The molecule has 3 aromatic rings. The second-order valence-electron chi connectivity index (χ2n) is 16.3. The number of anilines is 1. The molecular weight excluding hydrogens is 596 g/mol. The molecule has 252 valence electrons. The van der Waals surface area contributed by atoms with Crippen LogP contribution in [-0.4, -0.2) is 91.4 Å². The average Bonchev–Trinajstić information content (AvgIpc) is 3.59. The minimum atomic E-state index is -0.244. The Hall–Kier alpha value is -3.13. The fourth-order valence-electron chi connectivity index (χ4n) is 12.8. The van der Waals surface area contributed by atoms with Gasteiger partial charge in [-0.05, 0) is 94.3 Å². The molecule has 4 saturated heterocycles. The number of rotatable bonds is 3. The minimum Gasteiger partial charge on any atom is -0.469 e. The normalized spacial score (nSPS) is 40.4. The number of H-pyrrole nitrogens is 1. The van der Waals surface area contributed by atoms with Crippen molar-refractivity contribution in [2.75, 3.05) is 39.2 Å². The number of para-hydroxylation sites is 1. The molecule has 10 atom stereocenters. The van der Waals surface area contributed by atoms with Gasteiger partial charge in [0.1, 0.15) is 0 Å². The number of allylic oxidation sites excluding steroid dienone is 1. The highest BCUT2D eigenvalue weighted by atomic mass is 16.6. The number of ether oxygens (including phenoxy) is 2. The molecule has 1 N–H and O–H groups in total. The lowest BCUT2D eigenvalue weighted by atomic mass is 9.52. The molecule has 48 heavy (non-hydrogen) atoms. The first-order valence-corrected chi connectivity index (χ1v) is 18.7. The zero-order valence-electron chi connectivity index (χ0n) is 29.2. The minimum absolute atomic E-state index is 0.0586. The summed E-state index contributed by atoms with van der Waals surface area (Å²) in [6.45, 7) is 6.84. The maximum Gasteiger partial charge on any atom is 0.314 e. The molecule has 7 aliphatic rings. The zero-order valence-corrected chi connectivity index (χ0v) is 29.2. The SMILES string of the molecule is CC=C1CC2CC(c3ccc4c(c3)C35CCN6CC7OC7C(CC)(CCC3N4C)C65)c3[nH]c4ccccc4c3CC(C1C(=O)OC)N2C. The van der Waals surface area contributed by atoms with Gasteiger partial charge in [0.2, 0.25) is 0 Å². The Balaban J connectivity index is 1.14. The second kappa shape index (κ2) is 10.2. The van der Waals surface area contributed by atoms with E-state index in [4.69, 9.17) is 9.47 Å². The van der Waals surface area contributed by atoms with E-state index in [-0.39, 0.29) is 34.7 Å². The number of esters is 1. The Labute approximate surface area is 284 Å². The van der Waals surface area contributed by atoms with Crippen LogP contribution in [-0.2, 0) is 26.1 Å². The molecule has 2 aromatic carbocycles. The van der Waals surface area contributed by atoms with Gasteiger partial charge < -0.3 is 19.4 Å². The third kappa shape index (κ3) is 3.63. The van der Waals surface area contributed by atoms with Crippen molar-refractivity contribution in [3.05, 3.63) is 76.5 Å². The highest BCUT2D eigenvalue weighted by Gasteiger charge is 2.74. The molecule has 1 aromatic heterocycles. The van der Waals surface area contributed by atoms with Crippen molar-refractivity contribution in [1.29, 1.82) is 0 Å². The number of methoxy groups -OCH3 is 1. The molecule has 2 bridgehead atoms. The number of aromatic nitrogens is 1. The van der Waals surface area contributed by atoms with Crippen molar-refractivity contribution in [2.24, 2.45) is 11.3 Å². The molecule has 10 unspecified atom stereocenters. The standard InChI is InChI=1S/C41H50N4O3/c1-6-23-18-25-20-27(36-28(26-10-8-9-11-30(26)42-36)21-32(43(25)3)35(23)38(46)47-5)24-12-13-31-29(19-24)41-16-17-45-22-33-37(48-33)40(7-2,39(41)45)15-14-34(41)44(31)4/h6,8-13,19,25,27,32-35,37,39,42H,7,14-18,20-22H2,1-5H3. The van der Waals surface area contributed by atoms with Gasteiger partial charge in [0.05, 0.1) is 25.2 Å². The quantitative estimate of drug-likeness (QED) is 0.209. The number of hydrogen-bond donors (Lipinski definition) is 1. The number of fused-ring (bicyclic) bond motifs is 8. The zero-order chi connectivity index (χ0) is 32.7. The van der Waals surface area contributed by atoms with E-state index in [0.717, 1.165) is 25.8 Å². The van der Waals surface area contributed by atoms with Gasteiger partial charge in [0.15, 0.2) is 0 Å².